The SMILES string of the molecule is CC(C)[C@@H]1O[C@@]2(C)OC(=N)[C@@]1(C#N)C(C#N)(C#N)[C@H]2C. The van der Waals surface area contributed by atoms with Crippen molar-refractivity contribution in [1.82, 2.24) is 0 Å². The number of hydrogen-bond acceptors (Lipinski definition) is 6. The molecule has 3 saturated heterocycles. The fraction of sp³-hybridized carbons (Fsp3) is 0.714. The van der Waals surface area contributed by atoms with E-state index in [0.29, 0.717) is 0 Å². The van der Waals surface area contributed by atoms with E-state index in [1.54, 1.807) is 13.8 Å². The van der Waals surface area contributed by atoms with E-state index in [-0.39, 0.29) is 11.8 Å². The molecule has 0 amide bonds. The fourth-order valence-corrected chi connectivity index (χ4v) is 3.34. The average Bonchev–Trinajstić information content (AvgIpc) is 2.40. The van der Waals surface area contributed by atoms with Gasteiger partial charge in [0.1, 0.15) is 0 Å². The molecule has 0 aromatic rings. The first-order chi connectivity index (χ1) is 9.25. The Morgan fingerprint density at radius 2 is 1.75 bits per heavy atom. The van der Waals surface area contributed by atoms with Crippen LogP contribution in [0.4, 0.5) is 0 Å². The Kier molecular flexibility index (Phi) is 2.82. The van der Waals surface area contributed by atoms with Crippen LogP contribution in [-0.2, 0) is 9.47 Å². The Balaban J connectivity index is 2.83. The lowest BCUT2D eigenvalue weighted by Gasteiger charge is -2.61. The monoisotopic (exact) mass is 272 g/mol. The molecule has 104 valence electrons. The smallest absolute Gasteiger partial charge is 0.214 e. The summed E-state index contributed by atoms with van der Waals surface area (Å²) in [6.45, 7) is 6.95. The second kappa shape index (κ2) is 3.95. The van der Waals surface area contributed by atoms with Crippen molar-refractivity contribution in [2.75, 3.05) is 0 Å². The van der Waals surface area contributed by atoms with Crippen molar-refractivity contribution >= 4 is 5.90 Å². The fourth-order valence-electron chi connectivity index (χ4n) is 3.34. The lowest BCUT2D eigenvalue weighted by Crippen LogP contribution is -2.74. The Labute approximate surface area is 118 Å². The van der Waals surface area contributed by atoms with Crippen LogP contribution in [0.1, 0.15) is 27.7 Å². The molecule has 0 spiro atoms. The van der Waals surface area contributed by atoms with Gasteiger partial charge in [0, 0.05) is 6.92 Å². The molecular formula is C14H16N4O2. The normalized spacial score (nSPS) is 41.4. The van der Waals surface area contributed by atoms with Gasteiger partial charge in [0.2, 0.25) is 11.7 Å². The van der Waals surface area contributed by atoms with Crippen molar-refractivity contribution in [2.24, 2.45) is 22.7 Å². The molecule has 3 heterocycles. The first-order valence-corrected chi connectivity index (χ1v) is 6.45. The summed E-state index contributed by atoms with van der Waals surface area (Å²) in [5.41, 5.74) is -3.35. The molecule has 3 aliphatic rings. The molecule has 0 radical (unpaired) electrons. The van der Waals surface area contributed by atoms with Gasteiger partial charge in [0.15, 0.2) is 10.8 Å². The summed E-state index contributed by atoms with van der Waals surface area (Å²) in [4.78, 5) is 0. The predicted octanol–water partition coefficient (Wildman–Crippen LogP) is 1.94. The van der Waals surface area contributed by atoms with Gasteiger partial charge in [-0.25, -0.2) is 0 Å². The highest BCUT2D eigenvalue weighted by molar-refractivity contribution is 5.88. The Morgan fingerprint density at radius 1 is 1.20 bits per heavy atom. The summed E-state index contributed by atoms with van der Waals surface area (Å²) in [5, 5.41) is 37.1. The van der Waals surface area contributed by atoms with Gasteiger partial charge in [-0.3, -0.25) is 5.41 Å². The van der Waals surface area contributed by atoms with Gasteiger partial charge in [-0.05, 0) is 5.92 Å². The molecule has 3 aliphatic heterocycles. The number of nitrogens with zero attached hydrogens (tertiary/aromatic N) is 3. The molecule has 0 aromatic heterocycles. The van der Waals surface area contributed by atoms with Crippen molar-refractivity contribution in [3.05, 3.63) is 0 Å². The minimum absolute atomic E-state index is 0.133. The lowest BCUT2D eigenvalue weighted by molar-refractivity contribution is -0.342. The minimum Gasteiger partial charge on any atom is -0.448 e. The summed E-state index contributed by atoms with van der Waals surface area (Å²) < 4.78 is 11.3. The number of fused-ring (bicyclic) bond motifs is 3. The molecule has 6 nitrogen and oxygen atoms in total. The molecule has 3 rings (SSSR count). The molecule has 0 unspecified atom stereocenters. The van der Waals surface area contributed by atoms with E-state index < -0.39 is 28.6 Å². The molecule has 6 heteroatoms. The maximum Gasteiger partial charge on any atom is 0.214 e. The van der Waals surface area contributed by atoms with E-state index in [1.165, 1.54) is 0 Å². The van der Waals surface area contributed by atoms with Crippen LogP contribution in [0, 0.1) is 62.1 Å². The van der Waals surface area contributed by atoms with Crippen LogP contribution < -0.4 is 0 Å². The second-order valence-corrected chi connectivity index (χ2v) is 5.90. The number of hydrogen-bond donors (Lipinski definition) is 1. The Hall–Kier alpha value is -2.10. The first-order valence-electron chi connectivity index (χ1n) is 6.45. The van der Waals surface area contributed by atoms with E-state index in [2.05, 4.69) is 0 Å². The van der Waals surface area contributed by atoms with Crippen molar-refractivity contribution < 1.29 is 9.47 Å². The number of ether oxygens (including phenoxy) is 2. The van der Waals surface area contributed by atoms with E-state index in [4.69, 9.17) is 14.9 Å². The van der Waals surface area contributed by atoms with Crippen LogP contribution >= 0.6 is 0 Å². The molecule has 1 N–H and O–H groups in total. The van der Waals surface area contributed by atoms with Gasteiger partial charge in [0.25, 0.3) is 0 Å². The third-order valence-corrected chi connectivity index (χ3v) is 4.64. The van der Waals surface area contributed by atoms with Gasteiger partial charge in [-0.1, -0.05) is 20.8 Å². The third kappa shape index (κ3) is 1.22. The van der Waals surface area contributed by atoms with Crippen LogP contribution in [0.15, 0.2) is 0 Å². The second-order valence-electron chi connectivity index (χ2n) is 5.90. The van der Waals surface area contributed by atoms with Crippen LogP contribution in [0.5, 0.6) is 0 Å². The van der Waals surface area contributed by atoms with Crippen LogP contribution in [-0.4, -0.2) is 17.8 Å². The molecule has 0 aliphatic carbocycles. The van der Waals surface area contributed by atoms with Gasteiger partial charge in [-0.15, -0.1) is 0 Å². The van der Waals surface area contributed by atoms with E-state index >= 15 is 0 Å². The summed E-state index contributed by atoms with van der Waals surface area (Å²) in [7, 11) is 0. The van der Waals surface area contributed by atoms with Gasteiger partial charge >= 0.3 is 0 Å². The summed E-state index contributed by atoms with van der Waals surface area (Å²) >= 11 is 0. The number of nitrogens with one attached hydrogen (secondary N) is 1. The Bertz CT molecular complexity index is 580. The third-order valence-electron chi connectivity index (χ3n) is 4.64. The highest BCUT2D eigenvalue weighted by atomic mass is 16.7. The van der Waals surface area contributed by atoms with Crippen LogP contribution in [0.3, 0.4) is 0 Å². The zero-order chi connectivity index (χ0) is 15.3. The topological polar surface area (TPSA) is 114 Å². The molecule has 3 fully saturated rings. The highest BCUT2D eigenvalue weighted by Gasteiger charge is 2.77. The summed E-state index contributed by atoms with van der Waals surface area (Å²) in [6, 6.07) is 6.00. The number of nitriles is 3. The van der Waals surface area contributed by atoms with E-state index in [1.807, 2.05) is 32.1 Å². The van der Waals surface area contributed by atoms with E-state index in [9.17, 15) is 15.8 Å². The van der Waals surface area contributed by atoms with Crippen molar-refractivity contribution in [2.45, 2.75) is 39.6 Å². The zero-order valence-electron chi connectivity index (χ0n) is 11.9. The molecule has 2 bridgehead atoms. The molecule has 20 heavy (non-hydrogen) atoms. The van der Waals surface area contributed by atoms with Gasteiger partial charge < -0.3 is 9.47 Å². The quantitative estimate of drug-likeness (QED) is 0.783. The summed E-state index contributed by atoms with van der Waals surface area (Å²) in [5.74, 6) is -2.36. The molecule has 0 saturated carbocycles. The first kappa shape index (κ1) is 14.3. The highest BCUT2D eigenvalue weighted by Crippen LogP contribution is 2.62. The van der Waals surface area contributed by atoms with Crippen LogP contribution in [0.2, 0.25) is 0 Å². The minimum atomic E-state index is -1.69. The molecular weight excluding hydrogens is 256 g/mol. The average molecular weight is 272 g/mol. The zero-order valence-corrected chi connectivity index (χ0v) is 11.9. The van der Waals surface area contributed by atoms with Crippen molar-refractivity contribution in [3.8, 4) is 18.2 Å². The maximum atomic E-state index is 9.70. The molecule has 4 atom stereocenters. The largest absolute Gasteiger partial charge is 0.448 e. The van der Waals surface area contributed by atoms with Crippen molar-refractivity contribution in [3.63, 3.8) is 0 Å². The van der Waals surface area contributed by atoms with Crippen molar-refractivity contribution in [1.29, 1.82) is 21.2 Å². The van der Waals surface area contributed by atoms with E-state index in [0.717, 1.165) is 0 Å². The number of rotatable bonds is 1. The standard InChI is InChI=1S/C14H16N4O2/c1-8(2)10-14(7-17)11(18)20-12(4,19-10)9(3)13(14,5-15)6-16/h8-10,18H,1-4H3/t9-,10-,12-,14-/m0/s1. The summed E-state index contributed by atoms with van der Waals surface area (Å²) in [6.07, 6.45) is -0.728. The predicted molar refractivity (Wildman–Crippen MR) is 67.8 cm³/mol. The Morgan fingerprint density at radius 3 is 2.15 bits per heavy atom. The van der Waals surface area contributed by atoms with Gasteiger partial charge in [-0.2, -0.15) is 15.8 Å². The maximum absolute atomic E-state index is 9.70. The van der Waals surface area contributed by atoms with Crippen LogP contribution in [0.25, 0.3) is 0 Å². The van der Waals surface area contributed by atoms with Gasteiger partial charge in [0.05, 0.1) is 30.2 Å². The molecule has 0 aromatic carbocycles. The lowest BCUT2D eigenvalue weighted by atomic mass is 9.50.